The Balaban J connectivity index is 2.11. The molecule has 0 heterocycles. The molecule has 0 aliphatic carbocycles. The number of hydrogen-bond donors (Lipinski definition) is 0. The summed E-state index contributed by atoms with van der Waals surface area (Å²) in [6, 6.07) is 16.3. The summed E-state index contributed by atoms with van der Waals surface area (Å²) in [5, 5.41) is 0. The number of sulfone groups is 1. The minimum Gasteiger partial charge on any atom is -0.308 e. The number of likely N-dealkylation sites (N-methyl/N-ethyl adjacent to an activating group) is 1. The van der Waals surface area contributed by atoms with Crippen molar-refractivity contribution in [3.63, 3.8) is 0 Å². The average molecular weight is 387 g/mol. The van der Waals surface area contributed by atoms with Gasteiger partial charge in [-0.1, -0.05) is 36.4 Å². The molecule has 0 saturated heterocycles. The van der Waals surface area contributed by atoms with Crippen molar-refractivity contribution in [2.24, 2.45) is 0 Å². The van der Waals surface area contributed by atoms with Crippen LogP contribution >= 0.6 is 0 Å². The lowest BCUT2D eigenvalue weighted by atomic mass is 10.1. The molecule has 0 aliphatic heterocycles. The van der Waals surface area contributed by atoms with E-state index in [0.29, 0.717) is 11.4 Å². The van der Waals surface area contributed by atoms with Crippen LogP contribution in [0.2, 0.25) is 0 Å². The zero-order valence-electron chi connectivity index (χ0n) is 16.0. The molecular formula is C21H26N2O3S. The standard InChI is InChI=1S/C21H26N2O3S/c1-5-15-23(19-9-7-6-8-10-19)21(24)16-22(3)17(2)18-11-13-20(14-12-18)27(4,25)26/h5-14,17H,1,15-16H2,2-4H3. The van der Waals surface area contributed by atoms with Gasteiger partial charge in [0.15, 0.2) is 9.84 Å². The number of para-hydroxylation sites is 1. The molecule has 6 heteroatoms. The highest BCUT2D eigenvalue weighted by atomic mass is 32.2. The number of amides is 1. The highest BCUT2D eigenvalue weighted by Gasteiger charge is 2.20. The Bertz CT molecular complexity index is 877. The van der Waals surface area contributed by atoms with E-state index in [4.69, 9.17) is 0 Å². The average Bonchev–Trinajstić information content (AvgIpc) is 2.65. The van der Waals surface area contributed by atoms with Crippen molar-refractivity contribution in [2.45, 2.75) is 17.9 Å². The van der Waals surface area contributed by atoms with Gasteiger partial charge in [-0.2, -0.15) is 0 Å². The van der Waals surface area contributed by atoms with Gasteiger partial charge < -0.3 is 4.90 Å². The van der Waals surface area contributed by atoms with E-state index >= 15 is 0 Å². The summed E-state index contributed by atoms with van der Waals surface area (Å²) in [5.41, 5.74) is 1.79. The summed E-state index contributed by atoms with van der Waals surface area (Å²) in [4.78, 5) is 16.8. The van der Waals surface area contributed by atoms with Crippen molar-refractivity contribution in [3.05, 3.63) is 72.8 Å². The second kappa shape index (κ2) is 8.97. The Kier molecular flexibility index (Phi) is 6.93. The highest BCUT2D eigenvalue weighted by Crippen LogP contribution is 2.21. The number of carbonyl (C=O) groups excluding carboxylic acids is 1. The zero-order valence-corrected chi connectivity index (χ0v) is 16.8. The van der Waals surface area contributed by atoms with E-state index in [9.17, 15) is 13.2 Å². The van der Waals surface area contributed by atoms with E-state index in [1.54, 1.807) is 35.2 Å². The van der Waals surface area contributed by atoms with Crippen molar-refractivity contribution in [1.29, 1.82) is 0 Å². The van der Waals surface area contributed by atoms with Crippen molar-refractivity contribution >= 4 is 21.4 Å². The Morgan fingerprint density at radius 1 is 1.11 bits per heavy atom. The lowest BCUT2D eigenvalue weighted by molar-refractivity contribution is -0.119. The molecule has 2 aromatic carbocycles. The van der Waals surface area contributed by atoms with Crippen LogP contribution in [0.15, 0.2) is 72.1 Å². The predicted octanol–water partition coefficient (Wildman–Crippen LogP) is 3.30. The molecule has 2 rings (SSSR count). The minimum absolute atomic E-state index is 0.0248. The summed E-state index contributed by atoms with van der Waals surface area (Å²) < 4.78 is 23.2. The second-order valence-electron chi connectivity index (χ2n) is 6.56. The Morgan fingerprint density at radius 2 is 1.70 bits per heavy atom. The topological polar surface area (TPSA) is 57.7 Å². The monoisotopic (exact) mass is 386 g/mol. The molecule has 0 spiro atoms. The van der Waals surface area contributed by atoms with E-state index in [1.165, 1.54) is 6.26 Å². The molecule has 144 valence electrons. The number of nitrogens with zero attached hydrogens (tertiary/aromatic N) is 2. The van der Waals surface area contributed by atoms with Crippen LogP contribution < -0.4 is 4.90 Å². The third kappa shape index (κ3) is 5.52. The fraction of sp³-hybridized carbons (Fsp3) is 0.286. The second-order valence-corrected chi connectivity index (χ2v) is 8.58. The third-order valence-corrected chi connectivity index (χ3v) is 5.65. The maximum atomic E-state index is 12.8. The molecule has 5 nitrogen and oxygen atoms in total. The lowest BCUT2D eigenvalue weighted by Crippen LogP contribution is -2.40. The fourth-order valence-electron chi connectivity index (χ4n) is 2.77. The van der Waals surface area contributed by atoms with Gasteiger partial charge in [0.05, 0.1) is 11.4 Å². The largest absolute Gasteiger partial charge is 0.308 e. The number of anilines is 1. The van der Waals surface area contributed by atoms with Crippen LogP contribution in [0.5, 0.6) is 0 Å². The lowest BCUT2D eigenvalue weighted by Gasteiger charge is -2.28. The first kappa shape index (κ1) is 20.9. The van der Waals surface area contributed by atoms with Gasteiger partial charge in [0.25, 0.3) is 0 Å². The van der Waals surface area contributed by atoms with Crippen molar-refractivity contribution < 1.29 is 13.2 Å². The molecule has 0 saturated carbocycles. The third-order valence-electron chi connectivity index (χ3n) is 4.52. The van der Waals surface area contributed by atoms with Crippen molar-refractivity contribution in [2.75, 3.05) is 31.3 Å². The van der Waals surface area contributed by atoms with Crippen molar-refractivity contribution in [3.8, 4) is 0 Å². The molecule has 0 fully saturated rings. The predicted molar refractivity (Wildman–Crippen MR) is 110 cm³/mol. The Hall–Kier alpha value is -2.44. The van der Waals surface area contributed by atoms with Crippen LogP contribution in [0.1, 0.15) is 18.5 Å². The molecule has 0 radical (unpaired) electrons. The molecule has 1 unspecified atom stereocenters. The molecule has 0 aliphatic rings. The molecule has 0 N–H and O–H groups in total. The molecule has 1 amide bonds. The van der Waals surface area contributed by atoms with E-state index in [-0.39, 0.29) is 18.5 Å². The SMILES string of the molecule is C=CCN(C(=O)CN(C)C(C)c1ccc(S(C)(=O)=O)cc1)c1ccccc1. The maximum absolute atomic E-state index is 12.8. The van der Waals surface area contributed by atoms with Gasteiger partial charge in [0, 0.05) is 24.5 Å². The van der Waals surface area contributed by atoms with E-state index in [2.05, 4.69) is 6.58 Å². The van der Waals surface area contributed by atoms with E-state index in [1.807, 2.05) is 49.2 Å². The summed E-state index contributed by atoms with van der Waals surface area (Å²) in [5.74, 6) is -0.0248. The molecule has 0 bridgehead atoms. The Morgan fingerprint density at radius 3 is 2.22 bits per heavy atom. The first-order valence-electron chi connectivity index (χ1n) is 8.70. The highest BCUT2D eigenvalue weighted by molar-refractivity contribution is 7.90. The number of carbonyl (C=O) groups is 1. The van der Waals surface area contributed by atoms with E-state index < -0.39 is 9.84 Å². The number of hydrogen-bond acceptors (Lipinski definition) is 4. The van der Waals surface area contributed by atoms with Crippen LogP contribution in [-0.2, 0) is 14.6 Å². The maximum Gasteiger partial charge on any atom is 0.241 e. The quantitative estimate of drug-likeness (QED) is 0.653. The summed E-state index contributed by atoms with van der Waals surface area (Å²) >= 11 is 0. The van der Waals surface area contributed by atoms with Gasteiger partial charge in [0.1, 0.15) is 0 Å². The van der Waals surface area contributed by atoms with Crippen LogP contribution in [0.3, 0.4) is 0 Å². The van der Waals surface area contributed by atoms with Crippen LogP contribution in [0.25, 0.3) is 0 Å². The molecule has 0 aromatic heterocycles. The summed E-state index contributed by atoms with van der Waals surface area (Å²) in [6.07, 6.45) is 2.90. The molecule has 27 heavy (non-hydrogen) atoms. The van der Waals surface area contributed by atoms with E-state index in [0.717, 1.165) is 11.3 Å². The van der Waals surface area contributed by atoms with Crippen LogP contribution in [0, 0.1) is 0 Å². The Labute approximate surface area is 161 Å². The number of rotatable bonds is 8. The van der Waals surface area contributed by atoms with Gasteiger partial charge in [-0.05, 0) is 43.8 Å². The smallest absolute Gasteiger partial charge is 0.241 e. The summed E-state index contributed by atoms with van der Waals surface area (Å²) in [7, 11) is -1.34. The van der Waals surface area contributed by atoms with Gasteiger partial charge in [-0.25, -0.2) is 8.42 Å². The van der Waals surface area contributed by atoms with Gasteiger partial charge in [-0.3, -0.25) is 9.69 Å². The normalized spacial score (nSPS) is 12.6. The summed E-state index contributed by atoms with van der Waals surface area (Å²) in [6.45, 7) is 6.40. The molecule has 2 aromatic rings. The zero-order chi connectivity index (χ0) is 20.0. The number of benzene rings is 2. The van der Waals surface area contributed by atoms with Gasteiger partial charge >= 0.3 is 0 Å². The molecular weight excluding hydrogens is 360 g/mol. The first-order valence-corrected chi connectivity index (χ1v) is 10.6. The van der Waals surface area contributed by atoms with Gasteiger partial charge in [0.2, 0.25) is 5.91 Å². The van der Waals surface area contributed by atoms with Crippen LogP contribution in [-0.4, -0.2) is 45.6 Å². The minimum atomic E-state index is -3.22. The van der Waals surface area contributed by atoms with Crippen LogP contribution in [0.4, 0.5) is 5.69 Å². The van der Waals surface area contributed by atoms with Gasteiger partial charge in [-0.15, -0.1) is 6.58 Å². The first-order chi connectivity index (χ1) is 12.7. The molecule has 1 atom stereocenters. The fourth-order valence-corrected chi connectivity index (χ4v) is 3.40. The van der Waals surface area contributed by atoms with Crippen molar-refractivity contribution in [1.82, 2.24) is 4.90 Å².